The van der Waals surface area contributed by atoms with E-state index >= 15 is 0 Å². The Bertz CT molecular complexity index is 606. The monoisotopic (exact) mass is 299 g/mol. The van der Waals surface area contributed by atoms with Crippen LogP contribution in [0, 0.1) is 5.92 Å². The second-order valence-corrected chi connectivity index (χ2v) is 6.97. The number of sulfonamides is 1. The van der Waals surface area contributed by atoms with Crippen LogP contribution >= 0.6 is 0 Å². The Kier molecular flexibility index (Phi) is 4.19. The summed E-state index contributed by atoms with van der Waals surface area (Å²) in [6.07, 6.45) is 4.64. The van der Waals surface area contributed by atoms with Gasteiger partial charge in [0.15, 0.2) is 0 Å². The topological polar surface area (TPSA) is 85.4 Å². The van der Waals surface area contributed by atoms with Gasteiger partial charge in [-0.25, -0.2) is 13.6 Å². The molecule has 7 heteroatoms. The lowest BCUT2D eigenvalue weighted by Gasteiger charge is -2.16. The summed E-state index contributed by atoms with van der Waals surface area (Å²) in [5.41, 5.74) is 0.367. The third kappa shape index (κ3) is 3.04. The average Bonchev–Trinajstić information content (AvgIpc) is 2.95. The molecule has 0 aliphatic carbocycles. The van der Waals surface area contributed by atoms with Gasteiger partial charge in [0.05, 0.1) is 0 Å². The highest BCUT2D eigenvalue weighted by Gasteiger charge is 2.28. The van der Waals surface area contributed by atoms with Crippen LogP contribution in [0.3, 0.4) is 0 Å². The van der Waals surface area contributed by atoms with Crippen LogP contribution in [0.25, 0.3) is 0 Å². The molecule has 1 aromatic rings. The highest BCUT2D eigenvalue weighted by atomic mass is 32.2. The van der Waals surface area contributed by atoms with Gasteiger partial charge in [0.25, 0.3) is 5.91 Å². The summed E-state index contributed by atoms with van der Waals surface area (Å²) in [6.45, 7) is 3.63. The molecular weight excluding hydrogens is 278 g/mol. The van der Waals surface area contributed by atoms with Crippen LogP contribution in [0.15, 0.2) is 17.2 Å². The van der Waals surface area contributed by atoms with E-state index in [2.05, 4.69) is 6.92 Å². The lowest BCUT2D eigenvalue weighted by molar-refractivity contribution is 0.0777. The van der Waals surface area contributed by atoms with Crippen LogP contribution < -0.4 is 5.14 Å². The standard InChI is InChI=1S/C13H21N3O3S/c1-3-4-10-5-6-16(8-10)13(17)12-7-11(9-15(12)2)20(14,18)19/h7,9-10H,3-6,8H2,1-2H3,(H2,14,18,19). The second kappa shape index (κ2) is 5.57. The molecule has 2 rings (SSSR count). The molecule has 1 amide bonds. The third-order valence-corrected chi connectivity index (χ3v) is 4.68. The number of nitrogens with zero attached hydrogens (tertiary/aromatic N) is 2. The zero-order valence-electron chi connectivity index (χ0n) is 11.9. The Morgan fingerprint density at radius 2 is 2.20 bits per heavy atom. The van der Waals surface area contributed by atoms with Crippen molar-refractivity contribution in [2.24, 2.45) is 18.1 Å². The summed E-state index contributed by atoms with van der Waals surface area (Å²) < 4.78 is 24.2. The predicted octanol–water partition coefficient (Wildman–Crippen LogP) is 0.935. The van der Waals surface area contributed by atoms with E-state index in [1.54, 1.807) is 11.9 Å². The second-order valence-electron chi connectivity index (χ2n) is 5.41. The summed E-state index contributed by atoms with van der Waals surface area (Å²) in [5.74, 6) is 0.433. The maximum atomic E-state index is 12.4. The predicted molar refractivity (Wildman–Crippen MR) is 75.7 cm³/mol. The van der Waals surface area contributed by atoms with Gasteiger partial charge in [0, 0.05) is 26.3 Å². The van der Waals surface area contributed by atoms with Gasteiger partial charge in [-0.3, -0.25) is 4.79 Å². The largest absolute Gasteiger partial charge is 0.345 e. The average molecular weight is 299 g/mol. The third-order valence-electron chi connectivity index (χ3n) is 3.80. The normalized spacial score (nSPS) is 19.6. The van der Waals surface area contributed by atoms with Crippen LogP contribution in [-0.2, 0) is 17.1 Å². The number of carbonyl (C=O) groups is 1. The Balaban J connectivity index is 2.16. The number of aryl methyl sites for hydroxylation is 1. The molecule has 2 N–H and O–H groups in total. The van der Waals surface area contributed by atoms with Crippen molar-refractivity contribution >= 4 is 15.9 Å². The number of primary sulfonamides is 1. The molecule has 1 fully saturated rings. The lowest BCUT2D eigenvalue weighted by Crippen LogP contribution is -2.30. The molecule has 1 aliphatic rings. The van der Waals surface area contributed by atoms with Crippen molar-refractivity contribution in [2.45, 2.75) is 31.1 Å². The van der Waals surface area contributed by atoms with E-state index in [0.29, 0.717) is 11.6 Å². The lowest BCUT2D eigenvalue weighted by atomic mass is 10.0. The fourth-order valence-electron chi connectivity index (χ4n) is 2.73. The van der Waals surface area contributed by atoms with Gasteiger partial charge in [-0.05, 0) is 24.8 Å². The van der Waals surface area contributed by atoms with E-state index in [1.807, 2.05) is 0 Å². The minimum Gasteiger partial charge on any atom is -0.345 e. The quantitative estimate of drug-likeness (QED) is 0.897. The van der Waals surface area contributed by atoms with Crippen molar-refractivity contribution in [1.82, 2.24) is 9.47 Å². The number of likely N-dealkylation sites (tertiary alicyclic amines) is 1. The van der Waals surface area contributed by atoms with Crippen molar-refractivity contribution in [3.05, 3.63) is 18.0 Å². The van der Waals surface area contributed by atoms with Crippen molar-refractivity contribution in [3.8, 4) is 0 Å². The first kappa shape index (κ1) is 15.1. The smallest absolute Gasteiger partial charge is 0.270 e. The highest BCUT2D eigenvalue weighted by molar-refractivity contribution is 7.89. The first-order chi connectivity index (χ1) is 9.32. The van der Waals surface area contributed by atoms with Crippen LogP contribution in [0.2, 0.25) is 0 Å². The minimum atomic E-state index is -3.77. The van der Waals surface area contributed by atoms with Gasteiger partial charge < -0.3 is 9.47 Å². The maximum Gasteiger partial charge on any atom is 0.270 e. The summed E-state index contributed by atoms with van der Waals surface area (Å²) in [4.78, 5) is 14.2. The van der Waals surface area contributed by atoms with Gasteiger partial charge in [-0.2, -0.15) is 0 Å². The summed E-state index contributed by atoms with van der Waals surface area (Å²) in [7, 11) is -2.12. The van der Waals surface area contributed by atoms with Crippen molar-refractivity contribution in [2.75, 3.05) is 13.1 Å². The van der Waals surface area contributed by atoms with Crippen LogP contribution in [0.4, 0.5) is 0 Å². The van der Waals surface area contributed by atoms with Crippen LogP contribution in [-0.4, -0.2) is 36.9 Å². The van der Waals surface area contributed by atoms with Crippen LogP contribution in [0.1, 0.15) is 36.7 Å². The van der Waals surface area contributed by atoms with Gasteiger partial charge in [-0.1, -0.05) is 13.3 Å². The van der Waals surface area contributed by atoms with E-state index in [0.717, 1.165) is 32.4 Å². The number of carbonyl (C=O) groups excluding carboxylic acids is 1. The minimum absolute atomic E-state index is 0.0207. The van der Waals surface area contributed by atoms with E-state index in [1.165, 1.54) is 16.8 Å². The SMILES string of the molecule is CCCC1CCN(C(=O)c2cc(S(N)(=O)=O)cn2C)C1. The highest BCUT2D eigenvalue weighted by Crippen LogP contribution is 2.23. The number of hydrogen-bond acceptors (Lipinski definition) is 3. The van der Waals surface area contributed by atoms with Gasteiger partial charge >= 0.3 is 0 Å². The molecule has 0 bridgehead atoms. The molecule has 0 aromatic carbocycles. The first-order valence-electron chi connectivity index (χ1n) is 6.81. The number of hydrogen-bond donors (Lipinski definition) is 1. The molecule has 0 saturated carbocycles. The molecule has 6 nitrogen and oxygen atoms in total. The number of amides is 1. The molecule has 1 saturated heterocycles. The summed E-state index contributed by atoms with van der Waals surface area (Å²) in [5, 5.41) is 5.09. The fourth-order valence-corrected chi connectivity index (χ4v) is 3.31. The molecule has 1 unspecified atom stereocenters. The molecule has 1 atom stereocenters. The van der Waals surface area contributed by atoms with Crippen molar-refractivity contribution in [1.29, 1.82) is 0 Å². The Morgan fingerprint density at radius 3 is 2.75 bits per heavy atom. The number of nitrogens with two attached hydrogens (primary N) is 1. The molecule has 1 aromatic heterocycles. The Labute approximate surface area is 119 Å². The molecule has 20 heavy (non-hydrogen) atoms. The zero-order chi connectivity index (χ0) is 14.9. The molecule has 0 radical (unpaired) electrons. The Hall–Kier alpha value is -1.34. The molecule has 1 aliphatic heterocycles. The van der Waals surface area contributed by atoms with E-state index in [9.17, 15) is 13.2 Å². The Morgan fingerprint density at radius 1 is 1.50 bits per heavy atom. The first-order valence-corrected chi connectivity index (χ1v) is 8.36. The van der Waals surface area contributed by atoms with Crippen molar-refractivity contribution in [3.63, 3.8) is 0 Å². The summed E-state index contributed by atoms with van der Waals surface area (Å²) in [6, 6.07) is 1.35. The number of aromatic nitrogens is 1. The van der Waals surface area contributed by atoms with E-state index < -0.39 is 10.0 Å². The fraction of sp³-hybridized carbons (Fsp3) is 0.615. The molecule has 112 valence electrons. The van der Waals surface area contributed by atoms with Crippen molar-refractivity contribution < 1.29 is 13.2 Å². The van der Waals surface area contributed by atoms with Gasteiger partial charge in [0.1, 0.15) is 10.6 Å². The molecule has 0 spiro atoms. The van der Waals surface area contributed by atoms with Gasteiger partial charge in [0.2, 0.25) is 10.0 Å². The van der Waals surface area contributed by atoms with E-state index in [-0.39, 0.29) is 10.8 Å². The zero-order valence-corrected chi connectivity index (χ0v) is 12.7. The maximum absolute atomic E-state index is 12.4. The molecule has 2 heterocycles. The van der Waals surface area contributed by atoms with E-state index in [4.69, 9.17) is 5.14 Å². The summed E-state index contributed by atoms with van der Waals surface area (Å²) >= 11 is 0. The molecular formula is C13H21N3O3S. The number of rotatable bonds is 4. The van der Waals surface area contributed by atoms with Crippen LogP contribution in [0.5, 0.6) is 0 Å². The van der Waals surface area contributed by atoms with Gasteiger partial charge in [-0.15, -0.1) is 0 Å².